The number of amides is 1. The third-order valence-corrected chi connectivity index (χ3v) is 9.28. The van der Waals surface area contributed by atoms with Gasteiger partial charge in [-0.15, -0.1) is 0 Å². The molecular weight excluding hydrogens is 538 g/mol. The molecule has 2 aromatic heterocycles. The minimum atomic E-state index is -0.534. The number of nitrogens with zero attached hydrogens (tertiary/aromatic N) is 3. The lowest BCUT2D eigenvalue weighted by Crippen LogP contribution is -2.36. The Bertz CT molecular complexity index is 1670. The SMILES string of the molecule is CC(C)(C)OC(=O)N1CCCC1c1ncc(-c2ccc3c(c2)Oc2ccc(-c4cnc(C5CCCC5)[nH]4)cc2C3(C)C)[nH]1. The molecule has 2 N–H and O–H groups in total. The summed E-state index contributed by atoms with van der Waals surface area (Å²) in [6, 6.07) is 12.7. The van der Waals surface area contributed by atoms with Crippen LogP contribution in [0.3, 0.4) is 0 Å². The number of ether oxygens (including phenoxy) is 2. The highest BCUT2D eigenvalue weighted by molar-refractivity contribution is 5.71. The van der Waals surface area contributed by atoms with Crippen molar-refractivity contribution in [3.05, 3.63) is 71.6 Å². The normalized spacial score (nSPS) is 19.7. The van der Waals surface area contributed by atoms with Crippen molar-refractivity contribution in [1.82, 2.24) is 24.8 Å². The summed E-state index contributed by atoms with van der Waals surface area (Å²) in [4.78, 5) is 31.1. The maximum absolute atomic E-state index is 12.8. The number of carbonyl (C=O) groups excluding carboxylic acids is 1. The van der Waals surface area contributed by atoms with E-state index in [1.54, 1.807) is 4.90 Å². The number of hydrogen-bond donors (Lipinski definition) is 2. The first-order valence-corrected chi connectivity index (χ1v) is 15.6. The van der Waals surface area contributed by atoms with E-state index in [0.717, 1.165) is 69.6 Å². The summed E-state index contributed by atoms with van der Waals surface area (Å²) >= 11 is 0. The molecule has 1 unspecified atom stereocenters. The standard InChI is InChI=1S/C35H41N5O3/c1-34(2,3)43-33(41)40-16-8-11-28(40)32-37-20-27(39-32)23-12-14-24-30(18-23)42-29-15-13-22(17-25(29)35(24,4)5)26-19-36-31(38-26)21-9-6-7-10-21/h12-15,17-21,28H,6-11,16H2,1-5H3,(H,36,38)(H,37,39). The van der Waals surface area contributed by atoms with E-state index in [-0.39, 0.29) is 17.6 Å². The maximum atomic E-state index is 12.8. The van der Waals surface area contributed by atoms with Crippen LogP contribution in [0.2, 0.25) is 0 Å². The number of imidazole rings is 2. The maximum Gasteiger partial charge on any atom is 0.410 e. The molecule has 4 heterocycles. The average molecular weight is 580 g/mol. The molecule has 224 valence electrons. The fraction of sp³-hybridized carbons (Fsp3) is 0.457. The molecular formula is C35H41N5O3. The second kappa shape index (κ2) is 10.3. The molecule has 7 rings (SSSR count). The van der Waals surface area contributed by atoms with Crippen molar-refractivity contribution in [2.24, 2.45) is 0 Å². The summed E-state index contributed by atoms with van der Waals surface area (Å²) in [7, 11) is 0. The van der Waals surface area contributed by atoms with Crippen LogP contribution in [-0.4, -0.2) is 43.1 Å². The Labute approximate surface area is 253 Å². The lowest BCUT2D eigenvalue weighted by atomic mass is 9.75. The molecule has 0 spiro atoms. The average Bonchev–Trinajstić information content (AvgIpc) is 3.78. The summed E-state index contributed by atoms with van der Waals surface area (Å²) in [5.74, 6) is 4.18. The first kappa shape index (κ1) is 27.7. The zero-order chi connectivity index (χ0) is 29.9. The number of rotatable bonds is 4. The van der Waals surface area contributed by atoms with Crippen molar-refractivity contribution in [2.75, 3.05) is 6.54 Å². The summed E-state index contributed by atoms with van der Waals surface area (Å²) in [5, 5.41) is 0. The first-order valence-electron chi connectivity index (χ1n) is 15.6. The summed E-state index contributed by atoms with van der Waals surface area (Å²) in [6.45, 7) is 10.9. The second-order valence-corrected chi connectivity index (χ2v) is 13.8. The second-order valence-electron chi connectivity index (χ2n) is 13.8. The van der Waals surface area contributed by atoms with Gasteiger partial charge in [0.15, 0.2) is 0 Å². The smallest absolute Gasteiger partial charge is 0.410 e. The number of benzene rings is 2. The summed E-state index contributed by atoms with van der Waals surface area (Å²) < 4.78 is 12.2. The molecule has 8 heteroatoms. The van der Waals surface area contributed by atoms with E-state index < -0.39 is 5.60 Å². The molecule has 1 saturated heterocycles. The van der Waals surface area contributed by atoms with Crippen LogP contribution in [0.5, 0.6) is 11.5 Å². The van der Waals surface area contributed by atoms with E-state index in [4.69, 9.17) is 19.4 Å². The molecule has 8 nitrogen and oxygen atoms in total. The van der Waals surface area contributed by atoms with E-state index in [9.17, 15) is 4.79 Å². The molecule has 1 aliphatic carbocycles. The number of fused-ring (bicyclic) bond motifs is 2. The molecule has 2 fully saturated rings. The minimum absolute atomic E-state index is 0.124. The highest BCUT2D eigenvalue weighted by Gasteiger charge is 2.36. The van der Waals surface area contributed by atoms with Crippen molar-refractivity contribution in [3.8, 4) is 34.0 Å². The molecule has 2 aromatic carbocycles. The van der Waals surface area contributed by atoms with E-state index in [1.165, 1.54) is 25.7 Å². The number of nitrogens with one attached hydrogen (secondary N) is 2. The molecule has 2 aliphatic heterocycles. The zero-order valence-electron chi connectivity index (χ0n) is 25.8. The lowest BCUT2D eigenvalue weighted by Gasteiger charge is -2.35. The van der Waals surface area contributed by atoms with Gasteiger partial charge in [0.1, 0.15) is 28.7 Å². The van der Waals surface area contributed by atoms with Gasteiger partial charge < -0.3 is 19.4 Å². The van der Waals surface area contributed by atoms with Crippen LogP contribution in [0.1, 0.15) is 108 Å². The van der Waals surface area contributed by atoms with Gasteiger partial charge in [0, 0.05) is 40.1 Å². The topological polar surface area (TPSA) is 96.1 Å². The molecule has 4 aromatic rings. The van der Waals surface area contributed by atoms with Crippen molar-refractivity contribution in [3.63, 3.8) is 0 Å². The Hall–Kier alpha value is -4.07. The van der Waals surface area contributed by atoms with Gasteiger partial charge in [-0.1, -0.05) is 38.8 Å². The van der Waals surface area contributed by atoms with Crippen LogP contribution in [0.4, 0.5) is 4.79 Å². The lowest BCUT2D eigenvalue weighted by molar-refractivity contribution is 0.0218. The van der Waals surface area contributed by atoms with Gasteiger partial charge in [0.2, 0.25) is 0 Å². The van der Waals surface area contributed by atoms with Gasteiger partial charge >= 0.3 is 6.09 Å². The largest absolute Gasteiger partial charge is 0.457 e. The number of likely N-dealkylation sites (tertiary alicyclic amines) is 1. The van der Waals surface area contributed by atoms with Crippen LogP contribution in [0, 0.1) is 0 Å². The van der Waals surface area contributed by atoms with Gasteiger partial charge in [-0.05, 0) is 70.7 Å². The molecule has 1 saturated carbocycles. The van der Waals surface area contributed by atoms with Crippen molar-refractivity contribution >= 4 is 6.09 Å². The fourth-order valence-corrected chi connectivity index (χ4v) is 6.96. The Morgan fingerprint density at radius 3 is 2.30 bits per heavy atom. The zero-order valence-corrected chi connectivity index (χ0v) is 25.8. The number of hydrogen-bond acceptors (Lipinski definition) is 5. The molecule has 3 aliphatic rings. The molecule has 0 bridgehead atoms. The molecule has 1 amide bonds. The van der Waals surface area contributed by atoms with Crippen LogP contribution < -0.4 is 4.74 Å². The number of H-pyrrole nitrogens is 2. The number of aromatic amines is 2. The van der Waals surface area contributed by atoms with Gasteiger partial charge in [0.05, 0.1) is 29.8 Å². The quantitative estimate of drug-likeness (QED) is 0.252. The Balaban J connectivity index is 1.13. The Morgan fingerprint density at radius 2 is 1.56 bits per heavy atom. The van der Waals surface area contributed by atoms with E-state index >= 15 is 0 Å². The van der Waals surface area contributed by atoms with Gasteiger partial charge in [-0.25, -0.2) is 14.8 Å². The van der Waals surface area contributed by atoms with Crippen LogP contribution in [-0.2, 0) is 10.2 Å². The van der Waals surface area contributed by atoms with E-state index in [2.05, 4.69) is 60.2 Å². The molecule has 43 heavy (non-hydrogen) atoms. The van der Waals surface area contributed by atoms with E-state index in [0.29, 0.717) is 12.5 Å². The molecule has 1 atom stereocenters. The monoisotopic (exact) mass is 579 g/mol. The van der Waals surface area contributed by atoms with Crippen LogP contribution in [0.15, 0.2) is 48.8 Å². The van der Waals surface area contributed by atoms with Crippen LogP contribution >= 0.6 is 0 Å². The third-order valence-electron chi connectivity index (χ3n) is 9.28. The minimum Gasteiger partial charge on any atom is -0.457 e. The number of aromatic nitrogens is 4. The Kier molecular flexibility index (Phi) is 6.63. The third kappa shape index (κ3) is 5.11. The predicted molar refractivity (Wildman–Crippen MR) is 166 cm³/mol. The highest BCUT2D eigenvalue weighted by Crippen LogP contribution is 2.50. The highest BCUT2D eigenvalue weighted by atomic mass is 16.6. The van der Waals surface area contributed by atoms with E-state index in [1.807, 2.05) is 33.2 Å². The van der Waals surface area contributed by atoms with Gasteiger partial charge in [-0.3, -0.25) is 4.90 Å². The fourth-order valence-electron chi connectivity index (χ4n) is 6.96. The first-order chi connectivity index (χ1) is 20.6. The summed E-state index contributed by atoms with van der Waals surface area (Å²) in [5.41, 5.74) is 5.60. The van der Waals surface area contributed by atoms with Crippen LogP contribution in [0.25, 0.3) is 22.5 Å². The van der Waals surface area contributed by atoms with Crippen molar-refractivity contribution in [2.45, 2.75) is 96.1 Å². The molecule has 0 radical (unpaired) electrons. The van der Waals surface area contributed by atoms with Gasteiger partial charge in [0.25, 0.3) is 0 Å². The van der Waals surface area contributed by atoms with Crippen molar-refractivity contribution in [1.29, 1.82) is 0 Å². The summed E-state index contributed by atoms with van der Waals surface area (Å²) in [6.07, 6.45) is 10.3. The Morgan fingerprint density at radius 1 is 0.884 bits per heavy atom. The van der Waals surface area contributed by atoms with Gasteiger partial charge in [-0.2, -0.15) is 0 Å². The predicted octanol–water partition coefficient (Wildman–Crippen LogP) is 8.63. The number of carbonyl (C=O) groups is 1. The van der Waals surface area contributed by atoms with Crippen molar-refractivity contribution < 1.29 is 14.3 Å².